The second-order valence-corrected chi connectivity index (χ2v) is 5.19. The van der Waals surface area contributed by atoms with Crippen molar-refractivity contribution < 1.29 is 9.72 Å². The molecule has 0 saturated carbocycles. The van der Waals surface area contributed by atoms with Crippen LogP contribution in [0.3, 0.4) is 0 Å². The highest BCUT2D eigenvalue weighted by Gasteiger charge is 2.06. The first-order valence-corrected chi connectivity index (χ1v) is 7.48. The van der Waals surface area contributed by atoms with Gasteiger partial charge in [0.25, 0.3) is 5.69 Å². The van der Waals surface area contributed by atoms with Gasteiger partial charge in [-0.2, -0.15) is 5.10 Å². The number of carbonyl (C=O) groups excluding carboxylic acids is 1. The van der Waals surface area contributed by atoms with Crippen molar-refractivity contribution >= 4 is 28.8 Å². The molecule has 9 heteroatoms. The zero-order chi connectivity index (χ0) is 17.6. The Morgan fingerprint density at radius 3 is 2.76 bits per heavy atom. The number of fused-ring (bicyclic) bond motifs is 1. The highest BCUT2D eigenvalue weighted by atomic mass is 16.6. The van der Waals surface area contributed by atoms with Gasteiger partial charge in [-0.1, -0.05) is 17.3 Å². The number of nitro benzene ring substituents is 1. The lowest BCUT2D eigenvalue weighted by Gasteiger charge is -2.01. The smallest absolute Gasteiger partial charge is 0.269 e. The predicted octanol–water partition coefficient (Wildman–Crippen LogP) is 1.88. The van der Waals surface area contributed by atoms with E-state index in [4.69, 9.17) is 0 Å². The fourth-order valence-corrected chi connectivity index (χ4v) is 2.21. The van der Waals surface area contributed by atoms with Crippen LogP contribution in [-0.4, -0.2) is 32.0 Å². The molecule has 1 N–H and O–H groups in total. The van der Waals surface area contributed by atoms with Crippen LogP contribution in [0.5, 0.6) is 0 Å². The van der Waals surface area contributed by atoms with Gasteiger partial charge in [0.2, 0.25) is 5.91 Å². The van der Waals surface area contributed by atoms with Crippen LogP contribution in [0.1, 0.15) is 12.0 Å². The Labute approximate surface area is 142 Å². The third-order valence-corrected chi connectivity index (χ3v) is 3.48. The maximum Gasteiger partial charge on any atom is 0.269 e. The lowest BCUT2D eigenvalue weighted by Crippen LogP contribution is -2.19. The molecule has 9 nitrogen and oxygen atoms in total. The Kier molecular flexibility index (Phi) is 4.74. The number of rotatable bonds is 6. The average Bonchev–Trinajstić information content (AvgIpc) is 3.03. The number of aryl methyl sites for hydroxylation is 1. The molecule has 1 aromatic heterocycles. The fraction of sp³-hybridized carbons (Fsp3) is 0.125. The number of hydrazone groups is 1. The summed E-state index contributed by atoms with van der Waals surface area (Å²) in [4.78, 5) is 21.9. The minimum absolute atomic E-state index is 0.00115. The standard InChI is InChI=1S/C16H14N6O3/c23-16(9-10-21-15-4-2-1-3-14(15)18-20-21)19-17-11-12-5-7-13(8-6-12)22(24)25/h1-8,11H,9-10H2,(H,19,23)/b17-11-. The largest absolute Gasteiger partial charge is 0.273 e. The summed E-state index contributed by atoms with van der Waals surface area (Å²) in [7, 11) is 0. The molecule has 3 aromatic rings. The van der Waals surface area contributed by atoms with E-state index in [0.717, 1.165) is 11.0 Å². The summed E-state index contributed by atoms with van der Waals surface area (Å²) in [6.07, 6.45) is 1.62. The molecule has 1 amide bonds. The van der Waals surface area contributed by atoms with E-state index in [1.807, 2.05) is 24.3 Å². The number of nitrogens with zero attached hydrogens (tertiary/aromatic N) is 5. The van der Waals surface area contributed by atoms with Crippen LogP contribution in [-0.2, 0) is 11.3 Å². The molecule has 0 bridgehead atoms. The molecule has 25 heavy (non-hydrogen) atoms. The summed E-state index contributed by atoms with van der Waals surface area (Å²) in [6, 6.07) is 13.4. The van der Waals surface area contributed by atoms with Crippen LogP contribution < -0.4 is 5.43 Å². The molecular weight excluding hydrogens is 324 g/mol. The molecule has 0 fully saturated rings. The molecule has 3 rings (SSSR count). The minimum Gasteiger partial charge on any atom is -0.273 e. The SMILES string of the molecule is O=C(CCn1nnc2ccccc21)N/N=C\c1ccc([N+](=O)[O-])cc1. The van der Waals surface area contributed by atoms with Gasteiger partial charge >= 0.3 is 0 Å². The number of hydrogen-bond donors (Lipinski definition) is 1. The Morgan fingerprint density at radius 2 is 2.00 bits per heavy atom. The molecule has 0 saturated heterocycles. The van der Waals surface area contributed by atoms with Crippen molar-refractivity contribution in [1.82, 2.24) is 20.4 Å². The number of amides is 1. The number of aromatic nitrogens is 3. The normalized spacial score (nSPS) is 11.0. The highest BCUT2D eigenvalue weighted by molar-refractivity contribution is 5.82. The number of non-ortho nitro benzene ring substituents is 1. The topological polar surface area (TPSA) is 115 Å². The minimum atomic E-state index is -0.476. The number of hydrogen-bond acceptors (Lipinski definition) is 6. The van der Waals surface area contributed by atoms with Crippen molar-refractivity contribution in [2.24, 2.45) is 5.10 Å². The number of nitrogens with one attached hydrogen (secondary N) is 1. The summed E-state index contributed by atoms with van der Waals surface area (Å²) in [5, 5.41) is 22.4. The van der Waals surface area contributed by atoms with Crippen molar-refractivity contribution in [2.45, 2.75) is 13.0 Å². The Balaban J connectivity index is 1.51. The first-order valence-electron chi connectivity index (χ1n) is 7.48. The monoisotopic (exact) mass is 338 g/mol. The van der Waals surface area contributed by atoms with Crippen LogP contribution in [0.25, 0.3) is 11.0 Å². The summed E-state index contributed by atoms with van der Waals surface area (Å²) < 4.78 is 1.66. The number of para-hydroxylation sites is 1. The van der Waals surface area contributed by atoms with Gasteiger partial charge in [0.05, 0.1) is 23.2 Å². The first kappa shape index (κ1) is 16.2. The van der Waals surface area contributed by atoms with Gasteiger partial charge < -0.3 is 0 Å². The van der Waals surface area contributed by atoms with Crippen LogP contribution in [0, 0.1) is 10.1 Å². The van der Waals surface area contributed by atoms with E-state index in [1.165, 1.54) is 18.3 Å². The van der Waals surface area contributed by atoms with Gasteiger partial charge in [-0.25, -0.2) is 10.1 Å². The van der Waals surface area contributed by atoms with Gasteiger partial charge in [-0.05, 0) is 29.8 Å². The molecule has 0 radical (unpaired) electrons. The molecule has 0 aliphatic heterocycles. The van der Waals surface area contributed by atoms with Crippen molar-refractivity contribution in [2.75, 3.05) is 0 Å². The molecule has 0 unspecified atom stereocenters. The van der Waals surface area contributed by atoms with E-state index >= 15 is 0 Å². The third-order valence-electron chi connectivity index (χ3n) is 3.48. The highest BCUT2D eigenvalue weighted by Crippen LogP contribution is 2.11. The Hall–Kier alpha value is -3.62. The summed E-state index contributed by atoms with van der Waals surface area (Å²) >= 11 is 0. The van der Waals surface area contributed by atoms with Crippen LogP contribution in [0.15, 0.2) is 53.6 Å². The van der Waals surface area contributed by atoms with Crippen molar-refractivity contribution in [1.29, 1.82) is 0 Å². The van der Waals surface area contributed by atoms with Gasteiger partial charge in [-0.15, -0.1) is 5.10 Å². The second-order valence-electron chi connectivity index (χ2n) is 5.19. The van der Waals surface area contributed by atoms with Crippen LogP contribution in [0.4, 0.5) is 5.69 Å². The molecule has 1 heterocycles. The molecule has 126 valence electrons. The number of nitro groups is 1. The maximum absolute atomic E-state index is 11.8. The van der Waals surface area contributed by atoms with Crippen molar-refractivity contribution in [3.63, 3.8) is 0 Å². The van der Waals surface area contributed by atoms with E-state index in [0.29, 0.717) is 12.1 Å². The summed E-state index contributed by atoms with van der Waals surface area (Å²) in [5.74, 6) is -0.266. The van der Waals surface area contributed by atoms with Crippen molar-refractivity contribution in [3.8, 4) is 0 Å². The Bertz CT molecular complexity index is 932. The van der Waals surface area contributed by atoms with E-state index < -0.39 is 4.92 Å². The van der Waals surface area contributed by atoms with Gasteiger partial charge in [0.15, 0.2) is 0 Å². The van der Waals surface area contributed by atoms with Gasteiger partial charge in [0.1, 0.15) is 5.52 Å². The van der Waals surface area contributed by atoms with E-state index in [9.17, 15) is 14.9 Å². The zero-order valence-corrected chi connectivity index (χ0v) is 13.1. The first-order chi connectivity index (χ1) is 12.1. The van der Waals surface area contributed by atoms with Crippen molar-refractivity contribution in [3.05, 3.63) is 64.2 Å². The molecular formula is C16H14N6O3. The molecule has 0 spiro atoms. The van der Waals surface area contributed by atoms with Gasteiger partial charge in [-0.3, -0.25) is 14.9 Å². The summed E-state index contributed by atoms with van der Waals surface area (Å²) in [6.45, 7) is 0.388. The molecule has 0 aliphatic carbocycles. The molecule has 2 aromatic carbocycles. The lowest BCUT2D eigenvalue weighted by atomic mass is 10.2. The third kappa shape index (κ3) is 4.02. The lowest BCUT2D eigenvalue weighted by molar-refractivity contribution is -0.384. The second kappa shape index (κ2) is 7.30. The quantitative estimate of drug-likeness (QED) is 0.418. The van der Waals surface area contributed by atoms with Gasteiger partial charge in [0, 0.05) is 18.6 Å². The number of carbonyl (C=O) groups is 1. The average molecular weight is 338 g/mol. The Morgan fingerprint density at radius 1 is 1.24 bits per heavy atom. The molecule has 0 aliphatic rings. The predicted molar refractivity (Wildman–Crippen MR) is 91.0 cm³/mol. The van der Waals surface area contributed by atoms with Crippen LogP contribution >= 0.6 is 0 Å². The van der Waals surface area contributed by atoms with E-state index in [-0.39, 0.29) is 18.0 Å². The van der Waals surface area contributed by atoms with E-state index in [1.54, 1.807) is 16.8 Å². The molecule has 0 atom stereocenters. The maximum atomic E-state index is 11.8. The van der Waals surface area contributed by atoms with Crippen LogP contribution in [0.2, 0.25) is 0 Å². The van der Waals surface area contributed by atoms with E-state index in [2.05, 4.69) is 20.8 Å². The zero-order valence-electron chi connectivity index (χ0n) is 13.1. The fourth-order valence-electron chi connectivity index (χ4n) is 2.21. The number of benzene rings is 2. The summed E-state index contributed by atoms with van der Waals surface area (Å²) in [5.41, 5.74) is 4.70.